The summed E-state index contributed by atoms with van der Waals surface area (Å²) in [4.78, 5) is 2.48. The van der Waals surface area contributed by atoms with E-state index < -0.39 is 0 Å². The van der Waals surface area contributed by atoms with Crippen LogP contribution in [0, 0.1) is 11.8 Å². The molecule has 1 rings (SSSR count). The summed E-state index contributed by atoms with van der Waals surface area (Å²) in [6.07, 6.45) is 4.15. The lowest BCUT2D eigenvalue weighted by atomic mass is 10.3. The molecule has 0 aromatic carbocycles. The fraction of sp³-hybridized carbons (Fsp3) is 1.00. The predicted molar refractivity (Wildman–Crippen MR) is 72.4 cm³/mol. The minimum absolute atomic E-state index is 1.01. The molecule has 1 aliphatic rings. The van der Waals surface area contributed by atoms with Gasteiger partial charge >= 0.3 is 0 Å². The van der Waals surface area contributed by atoms with Gasteiger partial charge in [-0.1, -0.05) is 48.0 Å². The molecule has 1 nitrogen and oxygen atoms in total. The third-order valence-electron chi connectivity index (χ3n) is 2.72. The molecule has 0 saturated heterocycles. The van der Waals surface area contributed by atoms with Gasteiger partial charge in [0.1, 0.15) is 0 Å². The number of rotatable bonds is 5. The maximum atomic E-state index is 2.48. The Morgan fingerprint density at radius 1 is 1.13 bits per heavy atom. The van der Waals surface area contributed by atoms with E-state index in [0.717, 1.165) is 11.8 Å². The van der Waals surface area contributed by atoms with E-state index in [4.69, 9.17) is 0 Å². The fourth-order valence-corrected chi connectivity index (χ4v) is 1.57. The first-order valence-electron chi connectivity index (χ1n) is 6.92. The highest BCUT2D eigenvalue weighted by molar-refractivity contribution is 4.84. The number of nitrogens with zero attached hydrogens (tertiary/aromatic N) is 1. The van der Waals surface area contributed by atoms with Crippen molar-refractivity contribution in [1.29, 1.82) is 0 Å². The summed E-state index contributed by atoms with van der Waals surface area (Å²) in [7, 11) is 2.25. The molecule has 0 aliphatic heterocycles. The van der Waals surface area contributed by atoms with Gasteiger partial charge in [0, 0.05) is 6.54 Å². The Labute approximate surface area is 98.2 Å². The van der Waals surface area contributed by atoms with Crippen LogP contribution in [0.4, 0.5) is 0 Å². The summed E-state index contributed by atoms with van der Waals surface area (Å²) in [6.45, 7) is 15.2. The van der Waals surface area contributed by atoms with Crippen molar-refractivity contribution in [3.05, 3.63) is 0 Å². The molecule has 0 N–H and O–H groups in total. The van der Waals surface area contributed by atoms with Gasteiger partial charge in [0.25, 0.3) is 0 Å². The lowest BCUT2D eigenvalue weighted by molar-refractivity contribution is 0.310. The smallest absolute Gasteiger partial charge is 0.000926 e. The molecule has 0 spiro atoms. The second-order valence-electron chi connectivity index (χ2n) is 4.09. The van der Waals surface area contributed by atoms with E-state index in [2.05, 4.69) is 25.8 Å². The Hall–Kier alpha value is -0.0400. The molecule has 94 valence electrons. The Morgan fingerprint density at radius 2 is 1.60 bits per heavy atom. The predicted octanol–water partition coefficient (Wildman–Crippen LogP) is 4.43. The molecule has 0 heterocycles. The molecule has 0 amide bonds. The van der Waals surface area contributed by atoms with Gasteiger partial charge in [0.2, 0.25) is 0 Å². The van der Waals surface area contributed by atoms with Crippen molar-refractivity contribution in [2.24, 2.45) is 11.8 Å². The van der Waals surface area contributed by atoms with Crippen LogP contribution in [0.3, 0.4) is 0 Å². The monoisotopic (exact) mass is 215 g/mol. The van der Waals surface area contributed by atoms with Gasteiger partial charge < -0.3 is 4.90 Å². The summed E-state index contributed by atoms with van der Waals surface area (Å²) in [5, 5.41) is 0. The molecular weight excluding hydrogens is 182 g/mol. The van der Waals surface area contributed by atoms with Crippen LogP contribution in [-0.2, 0) is 0 Å². The summed E-state index contributed by atoms with van der Waals surface area (Å²) < 4.78 is 0. The van der Waals surface area contributed by atoms with E-state index >= 15 is 0 Å². The summed E-state index contributed by atoms with van der Waals surface area (Å²) in [5.41, 5.74) is 0. The lowest BCUT2D eigenvalue weighted by Crippen LogP contribution is -2.22. The fourth-order valence-electron chi connectivity index (χ4n) is 1.57. The second-order valence-corrected chi connectivity index (χ2v) is 4.09. The van der Waals surface area contributed by atoms with Crippen molar-refractivity contribution in [3.8, 4) is 0 Å². The van der Waals surface area contributed by atoms with E-state index in [-0.39, 0.29) is 0 Å². The van der Waals surface area contributed by atoms with Gasteiger partial charge in [-0.3, -0.25) is 0 Å². The molecule has 0 aromatic rings. The van der Waals surface area contributed by atoms with Crippen LogP contribution in [-0.4, -0.2) is 25.0 Å². The van der Waals surface area contributed by atoms with Crippen molar-refractivity contribution in [2.45, 2.75) is 60.8 Å². The van der Waals surface area contributed by atoms with E-state index in [1.807, 2.05) is 27.7 Å². The summed E-state index contributed by atoms with van der Waals surface area (Å²) in [6, 6.07) is 0. The molecular formula is C14H33N. The first kappa shape index (κ1) is 17.4. The highest BCUT2D eigenvalue weighted by Gasteiger charge is 2.32. The molecule has 15 heavy (non-hydrogen) atoms. The third kappa shape index (κ3) is 10.2. The molecule has 0 radical (unpaired) electrons. The Bertz CT molecular complexity index is 112. The van der Waals surface area contributed by atoms with E-state index in [9.17, 15) is 0 Å². The standard InChI is InChI=1S/C10H21N.2C2H6/c1-4-5-6-11(3)8-10-7-9(10)2;2*1-2/h9-10H,4-8H2,1-3H3;2*1-2H3. The zero-order chi connectivity index (χ0) is 12.3. The molecule has 2 unspecified atom stereocenters. The molecule has 1 saturated carbocycles. The number of hydrogen-bond donors (Lipinski definition) is 0. The molecule has 1 heteroatoms. The first-order chi connectivity index (χ1) is 7.24. The van der Waals surface area contributed by atoms with E-state index in [0.29, 0.717) is 0 Å². The Morgan fingerprint density at radius 3 is 1.93 bits per heavy atom. The van der Waals surface area contributed by atoms with Crippen LogP contribution < -0.4 is 0 Å². The Kier molecular flexibility index (Phi) is 13.9. The first-order valence-corrected chi connectivity index (χ1v) is 6.92. The van der Waals surface area contributed by atoms with Crippen LogP contribution >= 0.6 is 0 Å². The lowest BCUT2D eigenvalue weighted by Gasteiger charge is -2.15. The SMILES string of the molecule is CC.CC.CCCCN(C)CC1CC1C. The van der Waals surface area contributed by atoms with Crippen LogP contribution in [0.1, 0.15) is 60.8 Å². The average Bonchev–Trinajstić information content (AvgIpc) is 2.97. The van der Waals surface area contributed by atoms with Crippen LogP contribution in [0.5, 0.6) is 0 Å². The highest BCUT2D eigenvalue weighted by atomic mass is 15.1. The zero-order valence-electron chi connectivity index (χ0n) is 12.1. The maximum absolute atomic E-state index is 2.48. The van der Waals surface area contributed by atoms with E-state index in [1.54, 1.807) is 0 Å². The molecule has 1 fully saturated rings. The minimum atomic E-state index is 1.01. The van der Waals surface area contributed by atoms with Crippen molar-refractivity contribution < 1.29 is 0 Å². The highest BCUT2D eigenvalue weighted by Crippen LogP contribution is 2.37. The van der Waals surface area contributed by atoms with Gasteiger partial charge in [0.05, 0.1) is 0 Å². The Balaban J connectivity index is 0. The number of hydrogen-bond acceptors (Lipinski definition) is 1. The minimum Gasteiger partial charge on any atom is -0.306 e. The topological polar surface area (TPSA) is 3.24 Å². The van der Waals surface area contributed by atoms with Crippen molar-refractivity contribution in [2.75, 3.05) is 20.1 Å². The number of unbranched alkanes of at least 4 members (excludes halogenated alkanes) is 1. The second kappa shape index (κ2) is 12.0. The quantitative estimate of drug-likeness (QED) is 0.656. The summed E-state index contributed by atoms with van der Waals surface area (Å²) in [5.74, 6) is 2.04. The van der Waals surface area contributed by atoms with Crippen LogP contribution in [0.2, 0.25) is 0 Å². The van der Waals surface area contributed by atoms with E-state index in [1.165, 1.54) is 32.4 Å². The largest absolute Gasteiger partial charge is 0.306 e. The summed E-state index contributed by atoms with van der Waals surface area (Å²) >= 11 is 0. The van der Waals surface area contributed by atoms with Crippen LogP contribution in [0.25, 0.3) is 0 Å². The van der Waals surface area contributed by atoms with Crippen molar-refractivity contribution >= 4 is 0 Å². The van der Waals surface area contributed by atoms with Gasteiger partial charge in [-0.2, -0.15) is 0 Å². The van der Waals surface area contributed by atoms with Gasteiger partial charge in [-0.05, 0) is 38.3 Å². The molecule has 0 aromatic heterocycles. The van der Waals surface area contributed by atoms with Gasteiger partial charge in [-0.25, -0.2) is 0 Å². The molecule has 1 aliphatic carbocycles. The zero-order valence-corrected chi connectivity index (χ0v) is 12.1. The maximum Gasteiger partial charge on any atom is 0.000926 e. The van der Waals surface area contributed by atoms with Gasteiger partial charge in [-0.15, -0.1) is 0 Å². The third-order valence-corrected chi connectivity index (χ3v) is 2.72. The normalized spacial score (nSPS) is 22.4. The molecule has 0 bridgehead atoms. The van der Waals surface area contributed by atoms with Crippen LogP contribution in [0.15, 0.2) is 0 Å². The van der Waals surface area contributed by atoms with Crippen molar-refractivity contribution in [3.63, 3.8) is 0 Å². The van der Waals surface area contributed by atoms with Gasteiger partial charge in [0.15, 0.2) is 0 Å². The average molecular weight is 215 g/mol. The molecule has 2 atom stereocenters. The van der Waals surface area contributed by atoms with Crippen molar-refractivity contribution in [1.82, 2.24) is 4.90 Å².